The number of unbranched alkanes of at least 4 members (excludes halogenated alkanes) is 5. The highest BCUT2D eigenvalue weighted by Gasteiger charge is 2.18. The highest BCUT2D eigenvalue weighted by Crippen LogP contribution is 2.29. The van der Waals surface area contributed by atoms with E-state index in [2.05, 4.69) is 19.3 Å². The van der Waals surface area contributed by atoms with Crippen LogP contribution in [0.3, 0.4) is 0 Å². The Morgan fingerprint density at radius 2 is 1.65 bits per heavy atom. The van der Waals surface area contributed by atoms with Gasteiger partial charge in [-0.25, -0.2) is 0 Å². The van der Waals surface area contributed by atoms with Crippen molar-refractivity contribution < 1.29 is 0 Å². The van der Waals surface area contributed by atoms with E-state index in [1.807, 2.05) is 0 Å². The van der Waals surface area contributed by atoms with Crippen LogP contribution in [0.15, 0.2) is 0 Å². The molecule has 1 N–H and O–H groups in total. The summed E-state index contributed by atoms with van der Waals surface area (Å²) in [6.45, 7) is 2.29. The van der Waals surface area contributed by atoms with Gasteiger partial charge >= 0.3 is 0 Å². The molecule has 0 spiro atoms. The standard InChI is InChI=1S/C16H33N/c1-3-4-5-6-7-8-13-16(17-2)14-15-11-9-10-12-15/h15-17H,3-14H2,1-2H3. The lowest BCUT2D eigenvalue weighted by atomic mass is 9.94. The lowest BCUT2D eigenvalue weighted by molar-refractivity contribution is 0.377. The molecule has 1 heteroatoms. The maximum absolute atomic E-state index is 3.53. The fourth-order valence-electron chi connectivity index (χ4n) is 3.20. The minimum Gasteiger partial charge on any atom is -0.317 e. The zero-order valence-corrected chi connectivity index (χ0v) is 12.1. The van der Waals surface area contributed by atoms with Gasteiger partial charge in [-0.05, 0) is 25.8 Å². The Bertz CT molecular complexity index is 161. The van der Waals surface area contributed by atoms with Gasteiger partial charge in [0.1, 0.15) is 0 Å². The first kappa shape index (κ1) is 15.0. The first-order chi connectivity index (χ1) is 8.36. The second-order valence-corrected chi connectivity index (χ2v) is 5.93. The molecule has 1 rings (SSSR count). The average molecular weight is 239 g/mol. The summed E-state index contributed by atoms with van der Waals surface area (Å²) >= 11 is 0. The van der Waals surface area contributed by atoms with Crippen LogP contribution in [0, 0.1) is 5.92 Å². The molecule has 17 heavy (non-hydrogen) atoms. The van der Waals surface area contributed by atoms with E-state index in [9.17, 15) is 0 Å². The van der Waals surface area contributed by atoms with Crippen LogP contribution in [0.2, 0.25) is 0 Å². The first-order valence-electron chi connectivity index (χ1n) is 8.04. The molecule has 0 aromatic carbocycles. The van der Waals surface area contributed by atoms with E-state index in [1.165, 1.54) is 77.0 Å². The largest absolute Gasteiger partial charge is 0.317 e. The van der Waals surface area contributed by atoms with Crippen molar-refractivity contribution >= 4 is 0 Å². The maximum atomic E-state index is 3.53. The van der Waals surface area contributed by atoms with Crippen molar-refractivity contribution in [3.8, 4) is 0 Å². The minimum absolute atomic E-state index is 0.796. The van der Waals surface area contributed by atoms with Crippen LogP contribution in [-0.4, -0.2) is 13.1 Å². The zero-order chi connectivity index (χ0) is 12.3. The predicted molar refractivity (Wildman–Crippen MR) is 77.4 cm³/mol. The molecule has 0 bridgehead atoms. The SMILES string of the molecule is CCCCCCCCC(CC1CCCC1)NC. The second-order valence-electron chi connectivity index (χ2n) is 5.93. The van der Waals surface area contributed by atoms with Crippen molar-refractivity contribution in [2.24, 2.45) is 5.92 Å². The Morgan fingerprint density at radius 3 is 2.29 bits per heavy atom. The van der Waals surface area contributed by atoms with E-state index in [0.29, 0.717) is 0 Å². The minimum atomic E-state index is 0.796. The molecule has 0 heterocycles. The smallest absolute Gasteiger partial charge is 0.00667 e. The lowest BCUT2D eigenvalue weighted by Gasteiger charge is -2.19. The Morgan fingerprint density at radius 1 is 1.00 bits per heavy atom. The molecule has 1 fully saturated rings. The lowest BCUT2D eigenvalue weighted by Crippen LogP contribution is -2.27. The van der Waals surface area contributed by atoms with Crippen LogP contribution in [-0.2, 0) is 0 Å². The summed E-state index contributed by atoms with van der Waals surface area (Å²) in [5.74, 6) is 1.03. The molecule has 1 saturated carbocycles. The Kier molecular flexibility index (Phi) is 8.78. The number of hydrogen-bond donors (Lipinski definition) is 1. The Balaban J connectivity index is 1.97. The van der Waals surface area contributed by atoms with Crippen molar-refractivity contribution in [1.82, 2.24) is 5.32 Å². The molecule has 1 atom stereocenters. The van der Waals surface area contributed by atoms with Gasteiger partial charge in [0.2, 0.25) is 0 Å². The Hall–Kier alpha value is -0.0400. The molecule has 0 aromatic rings. The summed E-state index contributed by atoms with van der Waals surface area (Å²) < 4.78 is 0. The van der Waals surface area contributed by atoms with Crippen molar-refractivity contribution in [2.45, 2.75) is 90.0 Å². The monoisotopic (exact) mass is 239 g/mol. The molecule has 102 valence electrons. The van der Waals surface area contributed by atoms with Crippen LogP contribution in [0.1, 0.15) is 84.0 Å². The third kappa shape index (κ3) is 7.08. The molecule has 0 amide bonds. The molecule has 1 aliphatic carbocycles. The van der Waals surface area contributed by atoms with Crippen LogP contribution in [0.4, 0.5) is 0 Å². The predicted octanol–water partition coefficient (Wildman–Crippen LogP) is 4.91. The summed E-state index contributed by atoms with van der Waals surface area (Å²) in [5, 5.41) is 3.53. The second kappa shape index (κ2) is 9.94. The van der Waals surface area contributed by atoms with Crippen molar-refractivity contribution in [2.75, 3.05) is 7.05 Å². The highest BCUT2D eigenvalue weighted by atomic mass is 14.9. The number of hydrogen-bond acceptors (Lipinski definition) is 1. The van der Waals surface area contributed by atoms with E-state index < -0.39 is 0 Å². The van der Waals surface area contributed by atoms with Gasteiger partial charge in [-0.15, -0.1) is 0 Å². The van der Waals surface area contributed by atoms with Crippen LogP contribution < -0.4 is 5.32 Å². The van der Waals surface area contributed by atoms with Crippen LogP contribution in [0.5, 0.6) is 0 Å². The topological polar surface area (TPSA) is 12.0 Å². The van der Waals surface area contributed by atoms with E-state index in [4.69, 9.17) is 0 Å². The van der Waals surface area contributed by atoms with E-state index in [1.54, 1.807) is 0 Å². The van der Waals surface area contributed by atoms with Gasteiger partial charge < -0.3 is 5.32 Å². The van der Waals surface area contributed by atoms with Crippen LogP contribution in [0.25, 0.3) is 0 Å². The van der Waals surface area contributed by atoms with E-state index >= 15 is 0 Å². The molecule has 0 radical (unpaired) electrons. The van der Waals surface area contributed by atoms with Gasteiger partial charge in [-0.2, -0.15) is 0 Å². The number of nitrogens with one attached hydrogen (secondary N) is 1. The molecule has 1 unspecified atom stereocenters. The fourth-order valence-corrected chi connectivity index (χ4v) is 3.20. The quantitative estimate of drug-likeness (QED) is 0.534. The first-order valence-corrected chi connectivity index (χ1v) is 8.04. The normalized spacial score (nSPS) is 18.7. The molecule has 1 aliphatic rings. The molecule has 1 nitrogen and oxygen atoms in total. The summed E-state index contributed by atoms with van der Waals surface area (Å²) in [4.78, 5) is 0. The van der Waals surface area contributed by atoms with Gasteiger partial charge in [0.25, 0.3) is 0 Å². The Labute approximate surface area is 109 Å². The van der Waals surface area contributed by atoms with Crippen molar-refractivity contribution in [3.63, 3.8) is 0 Å². The van der Waals surface area contributed by atoms with Gasteiger partial charge in [-0.1, -0.05) is 71.1 Å². The molecule has 0 aromatic heterocycles. The summed E-state index contributed by atoms with van der Waals surface area (Å²) in [6, 6.07) is 0.796. The van der Waals surface area contributed by atoms with Gasteiger partial charge in [0.15, 0.2) is 0 Å². The van der Waals surface area contributed by atoms with Gasteiger partial charge in [0, 0.05) is 6.04 Å². The third-order valence-electron chi connectivity index (χ3n) is 4.41. The average Bonchev–Trinajstić information content (AvgIpc) is 2.85. The van der Waals surface area contributed by atoms with Gasteiger partial charge in [0.05, 0.1) is 0 Å². The molecule has 0 saturated heterocycles. The van der Waals surface area contributed by atoms with Gasteiger partial charge in [-0.3, -0.25) is 0 Å². The fraction of sp³-hybridized carbons (Fsp3) is 1.00. The molecule has 0 aliphatic heterocycles. The van der Waals surface area contributed by atoms with Crippen molar-refractivity contribution in [3.05, 3.63) is 0 Å². The summed E-state index contributed by atoms with van der Waals surface area (Å²) in [6.07, 6.45) is 17.4. The molecular formula is C16H33N. The summed E-state index contributed by atoms with van der Waals surface area (Å²) in [7, 11) is 2.15. The van der Waals surface area contributed by atoms with Crippen molar-refractivity contribution in [1.29, 1.82) is 0 Å². The van der Waals surface area contributed by atoms with E-state index in [-0.39, 0.29) is 0 Å². The maximum Gasteiger partial charge on any atom is 0.00667 e. The third-order valence-corrected chi connectivity index (χ3v) is 4.41. The summed E-state index contributed by atoms with van der Waals surface area (Å²) in [5.41, 5.74) is 0. The molecular weight excluding hydrogens is 206 g/mol. The highest BCUT2D eigenvalue weighted by molar-refractivity contribution is 4.74. The zero-order valence-electron chi connectivity index (χ0n) is 12.1. The van der Waals surface area contributed by atoms with E-state index in [0.717, 1.165) is 12.0 Å². The number of rotatable bonds is 10. The van der Waals surface area contributed by atoms with Crippen LogP contribution >= 0.6 is 0 Å².